The Hall–Kier alpha value is -5.74. The molecule has 4 aromatic carbocycles. The Labute approximate surface area is 328 Å². The van der Waals surface area contributed by atoms with E-state index in [0.717, 1.165) is 86.5 Å². The number of benzene rings is 4. The molecule has 3 fully saturated rings. The third-order valence-corrected chi connectivity index (χ3v) is 12.0. The minimum absolute atomic E-state index is 0.0996. The largest absolute Gasteiger partial charge is 0.508 e. The molecule has 4 heterocycles. The summed E-state index contributed by atoms with van der Waals surface area (Å²) in [7, 11) is 0. The molecule has 3 saturated heterocycles. The van der Waals surface area contributed by atoms with Gasteiger partial charge in [-0.3, -0.25) is 29.4 Å². The predicted molar refractivity (Wildman–Crippen MR) is 218 cm³/mol. The number of nitrogens with zero attached hydrogens (tertiary/aromatic N) is 3. The van der Waals surface area contributed by atoms with E-state index in [1.807, 2.05) is 24.3 Å². The van der Waals surface area contributed by atoms with Crippen LogP contribution in [0.2, 0.25) is 0 Å². The van der Waals surface area contributed by atoms with Crippen LogP contribution in [0.25, 0.3) is 11.1 Å². The van der Waals surface area contributed by atoms with Crippen molar-refractivity contribution in [2.24, 2.45) is 5.92 Å². The molecular formula is C46H49N5O5. The molecule has 10 heteroatoms. The first kappa shape index (κ1) is 37.2. The summed E-state index contributed by atoms with van der Waals surface area (Å²) < 4.78 is 0. The second-order valence-corrected chi connectivity index (χ2v) is 15.5. The van der Waals surface area contributed by atoms with Crippen molar-refractivity contribution < 1.29 is 24.3 Å². The van der Waals surface area contributed by atoms with Gasteiger partial charge >= 0.3 is 0 Å². The van der Waals surface area contributed by atoms with E-state index in [4.69, 9.17) is 0 Å². The summed E-state index contributed by atoms with van der Waals surface area (Å²) in [5, 5.41) is 16.1. The van der Waals surface area contributed by atoms with Gasteiger partial charge in [0, 0.05) is 50.0 Å². The number of phenols is 1. The van der Waals surface area contributed by atoms with Crippen LogP contribution in [0, 0.1) is 5.92 Å². The topological polar surface area (TPSA) is 122 Å². The van der Waals surface area contributed by atoms with Gasteiger partial charge in [-0.05, 0) is 121 Å². The second-order valence-electron chi connectivity index (χ2n) is 15.5. The lowest BCUT2D eigenvalue weighted by Gasteiger charge is -2.37. The van der Waals surface area contributed by atoms with Crippen molar-refractivity contribution in [1.29, 1.82) is 0 Å². The van der Waals surface area contributed by atoms with Crippen molar-refractivity contribution in [2.75, 3.05) is 42.5 Å². The van der Waals surface area contributed by atoms with Crippen molar-refractivity contribution in [3.63, 3.8) is 0 Å². The van der Waals surface area contributed by atoms with Crippen LogP contribution in [0.15, 0.2) is 97.1 Å². The summed E-state index contributed by atoms with van der Waals surface area (Å²) in [5.74, 6) is -1.08. The van der Waals surface area contributed by atoms with Gasteiger partial charge in [0.15, 0.2) is 0 Å². The number of rotatable bonds is 10. The van der Waals surface area contributed by atoms with E-state index in [9.17, 15) is 24.3 Å². The fourth-order valence-electron chi connectivity index (χ4n) is 8.91. The Morgan fingerprint density at radius 1 is 0.732 bits per heavy atom. The van der Waals surface area contributed by atoms with Gasteiger partial charge in [-0.25, -0.2) is 0 Å². The lowest BCUT2D eigenvalue weighted by atomic mass is 9.88. The maximum absolute atomic E-state index is 13.4. The Kier molecular flexibility index (Phi) is 10.7. The highest BCUT2D eigenvalue weighted by Crippen LogP contribution is 2.37. The molecule has 3 N–H and O–H groups in total. The minimum atomic E-state index is -0.966. The van der Waals surface area contributed by atoms with Crippen molar-refractivity contribution in [3.05, 3.63) is 125 Å². The maximum Gasteiger partial charge on any atom is 0.262 e. The van der Waals surface area contributed by atoms with Gasteiger partial charge < -0.3 is 20.2 Å². The summed E-state index contributed by atoms with van der Waals surface area (Å²) in [4.78, 5) is 56.5. The average Bonchev–Trinajstić information content (AvgIpc) is 3.48. The first-order valence-electron chi connectivity index (χ1n) is 20.0. The van der Waals surface area contributed by atoms with Gasteiger partial charge in [-0.1, -0.05) is 61.5 Å². The van der Waals surface area contributed by atoms with E-state index in [1.54, 1.807) is 24.3 Å². The number of carbonyl (C=O) groups excluding carboxylic acids is 4. The number of carbonyl (C=O) groups is 4. The molecule has 0 radical (unpaired) electrons. The molecule has 0 spiro atoms. The normalized spacial score (nSPS) is 20.9. The zero-order valence-electron chi connectivity index (χ0n) is 31.9. The highest BCUT2D eigenvalue weighted by atomic mass is 16.3. The molecule has 4 aromatic rings. The predicted octanol–water partition coefficient (Wildman–Crippen LogP) is 6.64. The number of piperidine rings is 3. The van der Waals surface area contributed by atoms with Crippen molar-refractivity contribution in [3.8, 4) is 5.75 Å². The number of hydrogen-bond donors (Lipinski definition) is 3. The Morgan fingerprint density at radius 3 is 2.11 bits per heavy atom. The van der Waals surface area contributed by atoms with Crippen LogP contribution < -0.4 is 20.4 Å². The van der Waals surface area contributed by atoms with Crippen molar-refractivity contribution in [2.45, 2.75) is 64.0 Å². The third kappa shape index (κ3) is 7.58. The average molecular weight is 752 g/mol. The maximum atomic E-state index is 13.4. The Morgan fingerprint density at radius 2 is 1.41 bits per heavy atom. The number of amides is 4. The second kappa shape index (κ2) is 16.2. The number of anilines is 2. The van der Waals surface area contributed by atoms with Gasteiger partial charge in [0.1, 0.15) is 11.8 Å². The van der Waals surface area contributed by atoms with Gasteiger partial charge in [0.2, 0.25) is 11.8 Å². The smallest absolute Gasteiger partial charge is 0.262 e. The zero-order chi connectivity index (χ0) is 38.8. The number of hydrogen-bond acceptors (Lipinski definition) is 8. The molecule has 2 atom stereocenters. The number of fused-ring (bicyclic) bond motifs is 1. The highest BCUT2D eigenvalue weighted by molar-refractivity contribution is 6.23. The molecule has 1 unspecified atom stereocenters. The monoisotopic (exact) mass is 751 g/mol. The van der Waals surface area contributed by atoms with E-state index >= 15 is 0 Å². The molecule has 10 nitrogen and oxygen atoms in total. The van der Waals surface area contributed by atoms with Crippen LogP contribution in [-0.4, -0.2) is 78.4 Å². The van der Waals surface area contributed by atoms with Crippen LogP contribution >= 0.6 is 0 Å². The first-order chi connectivity index (χ1) is 27.3. The van der Waals surface area contributed by atoms with Crippen LogP contribution in [0.1, 0.15) is 89.3 Å². The van der Waals surface area contributed by atoms with Gasteiger partial charge in [0.25, 0.3) is 11.8 Å². The van der Waals surface area contributed by atoms with Crippen LogP contribution in [0.5, 0.6) is 5.75 Å². The molecule has 56 heavy (non-hydrogen) atoms. The summed E-state index contributed by atoms with van der Waals surface area (Å²) >= 11 is 0. The van der Waals surface area contributed by atoms with Gasteiger partial charge in [-0.15, -0.1) is 0 Å². The standard InChI is InChI=1S/C46H49N5O5/c1-2-38(31-7-4-3-5-8-31)43(33-12-17-37(52)18-13-33)32-10-14-35(15-11-32)49-25-22-30(23-26-49)28-47-34-9-6-24-50(29-34)36-16-19-39-40(27-36)46(56)51(45(39)55)41-20-21-42(53)48-44(41)54/h3-5,7-8,10-19,27,30,34,41,47,52H,2,6,9,20-26,28-29H2,1H3,(H,48,53,54)/t34-,41?/m1/s1. The highest BCUT2D eigenvalue weighted by Gasteiger charge is 2.45. The molecule has 0 aliphatic carbocycles. The van der Waals surface area contributed by atoms with Crippen molar-refractivity contribution >= 4 is 46.1 Å². The lowest BCUT2D eigenvalue weighted by Crippen LogP contribution is -2.54. The molecule has 4 aliphatic heterocycles. The van der Waals surface area contributed by atoms with E-state index in [1.165, 1.54) is 22.4 Å². The van der Waals surface area contributed by atoms with E-state index < -0.39 is 23.8 Å². The Balaban J connectivity index is 0.867. The van der Waals surface area contributed by atoms with E-state index in [-0.39, 0.29) is 24.5 Å². The quantitative estimate of drug-likeness (QED) is 0.122. The molecular weight excluding hydrogens is 703 g/mol. The number of phenolic OH excluding ortho intramolecular Hbond substituents is 1. The molecule has 288 valence electrons. The number of aromatic hydroxyl groups is 1. The summed E-state index contributed by atoms with van der Waals surface area (Å²) in [5.41, 5.74) is 8.68. The number of allylic oxidation sites excluding steroid dienone is 1. The molecule has 0 saturated carbocycles. The minimum Gasteiger partial charge on any atom is -0.508 e. The Bertz CT molecular complexity index is 2140. The number of nitrogens with one attached hydrogen (secondary N) is 2. The zero-order valence-corrected chi connectivity index (χ0v) is 31.9. The lowest BCUT2D eigenvalue weighted by molar-refractivity contribution is -0.136. The van der Waals surface area contributed by atoms with Crippen molar-refractivity contribution in [1.82, 2.24) is 15.5 Å². The number of imide groups is 2. The fourth-order valence-corrected chi connectivity index (χ4v) is 8.91. The fraction of sp³-hybridized carbons (Fsp3) is 0.348. The summed E-state index contributed by atoms with van der Waals surface area (Å²) in [6.07, 6.45) is 5.46. The molecule has 8 rings (SSSR count). The SMILES string of the molecule is CCC(=C(c1ccc(O)cc1)c1ccc(N2CCC(CN[C@@H]3CCCN(c4ccc5c(c4)C(=O)N(C4CCC(=O)NC4=O)C5=O)C3)CC2)cc1)c1ccccc1. The van der Waals surface area contributed by atoms with Gasteiger partial charge in [0.05, 0.1) is 11.1 Å². The molecule has 0 aromatic heterocycles. The van der Waals surface area contributed by atoms with Crippen LogP contribution in [0.4, 0.5) is 11.4 Å². The molecule has 4 aliphatic rings. The van der Waals surface area contributed by atoms with Crippen LogP contribution in [0.3, 0.4) is 0 Å². The van der Waals surface area contributed by atoms with Gasteiger partial charge in [-0.2, -0.15) is 0 Å². The van der Waals surface area contributed by atoms with E-state index in [0.29, 0.717) is 23.1 Å². The molecule has 4 amide bonds. The van der Waals surface area contributed by atoms with E-state index in [2.05, 4.69) is 75.9 Å². The third-order valence-electron chi connectivity index (χ3n) is 12.0. The first-order valence-corrected chi connectivity index (χ1v) is 20.0. The summed E-state index contributed by atoms with van der Waals surface area (Å²) in [6, 6.07) is 31.8. The van der Waals surface area contributed by atoms with Crippen LogP contribution in [-0.2, 0) is 9.59 Å². The molecule has 0 bridgehead atoms. The summed E-state index contributed by atoms with van der Waals surface area (Å²) in [6.45, 7) is 6.85.